The Balaban J connectivity index is 1.38. The van der Waals surface area contributed by atoms with Crippen molar-refractivity contribution in [1.29, 1.82) is 0 Å². The number of rotatable bonds is 1. The molecule has 2 aromatic rings. The van der Waals surface area contributed by atoms with E-state index in [9.17, 15) is 0 Å². The molecule has 0 saturated heterocycles. The maximum Gasteiger partial charge on any atom is 0.117 e. The number of aromatic nitrogens is 3. The summed E-state index contributed by atoms with van der Waals surface area (Å²) in [5, 5.41) is 4.58. The summed E-state index contributed by atoms with van der Waals surface area (Å²) in [6.07, 6.45) is 21.9. The van der Waals surface area contributed by atoms with Gasteiger partial charge in [-0.15, -0.1) is 0 Å². The van der Waals surface area contributed by atoms with Gasteiger partial charge < -0.3 is 0 Å². The number of hydrogen-bond donors (Lipinski definition) is 0. The van der Waals surface area contributed by atoms with Crippen LogP contribution in [-0.4, -0.2) is 14.6 Å². The summed E-state index contributed by atoms with van der Waals surface area (Å²) in [7, 11) is 0. The molecule has 0 N–H and O–H groups in total. The zero-order valence-corrected chi connectivity index (χ0v) is 17.2. The highest BCUT2D eigenvalue weighted by Gasteiger charge is 2.56. The van der Waals surface area contributed by atoms with E-state index in [0.29, 0.717) is 10.8 Å². The lowest BCUT2D eigenvalue weighted by molar-refractivity contribution is -0.00977. The van der Waals surface area contributed by atoms with Crippen molar-refractivity contribution in [2.75, 3.05) is 0 Å². The van der Waals surface area contributed by atoms with Crippen molar-refractivity contribution < 1.29 is 0 Å². The molecular formula is C25H31N3. The van der Waals surface area contributed by atoms with Crippen LogP contribution in [0, 0.1) is 28.6 Å². The second kappa shape index (κ2) is 5.81. The molecule has 0 bridgehead atoms. The second-order valence-corrected chi connectivity index (χ2v) is 10.2. The number of nitrogens with zero attached hydrogens (tertiary/aromatic N) is 3. The Kier molecular flexibility index (Phi) is 3.53. The molecule has 3 heteroatoms. The summed E-state index contributed by atoms with van der Waals surface area (Å²) in [6.45, 7) is 5.17. The minimum atomic E-state index is 0.296. The first-order chi connectivity index (χ1) is 13.6. The van der Waals surface area contributed by atoms with Gasteiger partial charge in [-0.1, -0.05) is 38.0 Å². The molecule has 0 aromatic carbocycles. The van der Waals surface area contributed by atoms with Gasteiger partial charge in [-0.25, -0.2) is 9.50 Å². The van der Waals surface area contributed by atoms with Crippen LogP contribution >= 0.6 is 0 Å². The van der Waals surface area contributed by atoms with Crippen LogP contribution in [0.15, 0.2) is 42.5 Å². The van der Waals surface area contributed by atoms with E-state index in [0.717, 1.165) is 17.8 Å². The van der Waals surface area contributed by atoms with Crippen molar-refractivity contribution in [2.24, 2.45) is 28.6 Å². The quantitative estimate of drug-likeness (QED) is 0.567. The monoisotopic (exact) mass is 373 g/mol. The Bertz CT molecular complexity index is 998. The second-order valence-electron chi connectivity index (χ2n) is 10.2. The summed E-state index contributed by atoms with van der Waals surface area (Å²) >= 11 is 0. The molecule has 6 rings (SSSR count). The molecule has 4 aliphatic carbocycles. The normalized spacial score (nSPS) is 39.7. The Morgan fingerprint density at radius 3 is 2.89 bits per heavy atom. The molecule has 5 atom stereocenters. The molecule has 3 unspecified atom stereocenters. The predicted octanol–water partition coefficient (Wildman–Crippen LogP) is 6.08. The molecule has 4 aliphatic rings. The number of fused-ring (bicyclic) bond motifs is 6. The molecule has 0 spiro atoms. The molecule has 2 fully saturated rings. The third-order valence-corrected chi connectivity index (χ3v) is 9.22. The molecular weight excluding hydrogens is 342 g/mol. The molecule has 2 saturated carbocycles. The van der Waals surface area contributed by atoms with Gasteiger partial charge >= 0.3 is 0 Å². The zero-order valence-electron chi connectivity index (χ0n) is 17.2. The average Bonchev–Trinajstić information content (AvgIpc) is 3.28. The fraction of sp³-hybridized carbons (Fsp3) is 0.600. The molecule has 146 valence electrons. The summed E-state index contributed by atoms with van der Waals surface area (Å²) in [4.78, 5) is 4.23. The van der Waals surface area contributed by atoms with Gasteiger partial charge in [0.2, 0.25) is 0 Å². The summed E-state index contributed by atoms with van der Waals surface area (Å²) in [6, 6.07) is 2.12. The number of allylic oxidation sites excluding steroid dienone is 4. The lowest BCUT2D eigenvalue weighted by Crippen LogP contribution is -2.48. The molecule has 0 aliphatic heterocycles. The van der Waals surface area contributed by atoms with Gasteiger partial charge in [0.05, 0.1) is 11.7 Å². The Morgan fingerprint density at radius 2 is 1.96 bits per heavy atom. The number of hydrogen-bond acceptors (Lipinski definition) is 2. The van der Waals surface area contributed by atoms with E-state index >= 15 is 0 Å². The first-order valence-corrected chi connectivity index (χ1v) is 11.3. The van der Waals surface area contributed by atoms with Crippen LogP contribution < -0.4 is 0 Å². The van der Waals surface area contributed by atoms with Crippen LogP contribution in [0.5, 0.6) is 0 Å². The van der Waals surface area contributed by atoms with Crippen LogP contribution in [0.25, 0.3) is 11.1 Å². The van der Waals surface area contributed by atoms with Crippen molar-refractivity contribution in [2.45, 2.75) is 65.2 Å². The molecule has 2 heterocycles. The van der Waals surface area contributed by atoms with Crippen LogP contribution in [0.4, 0.5) is 0 Å². The van der Waals surface area contributed by atoms with E-state index < -0.39 is 0 Å². The van der Waals surface area contributed by atoms with E-state index in [1.54, 1.807) is 5.57 Å². The third-order valence-electron chi connectivity index (χ3n) is 9.22. The Labute approximate surface area is 167 Å². The lowest BCUT2D eigenvalue weighted by atomic mass is 9.47. The van der Waals surface area contributed by atoms with Crippen LogP contribution in [0.1, 0.15) is 70.8 Å². The highest BCUT2D eigenvalue weighted by Crippen LogP contribution is 2.66. The van der Waals surface area contributed by atoms with Crippen molar-refractivity contribution >= 4 is 11.1 Å². The van der Waals surface area contributed by atoms with Gasteiger partial charge in [-0.3, -0.25) is 0 Å². The lowest BCUT2D eigenvalue weighted by Gasteiger charge is -2.57. The van der Waals surface area contributed by atoms with Gasteiger partial charge in [-0.2, -0.15) is 5.10 Å². The molecule has 28 heavy (non-hydrogen) atoms. The van der Waals surface area contributed by atoms with E-state index in [-0.39, 0.29) is 0 Å². The smallest absolute Gasteiger partial charge is 0.117 e. The van der Waals surface area contributed by atoms with Gasteiger partial charge in [0.1, 0.15) is 6.33 Å². The fourth-order valence-electron chi connectivity index (χ4n) is 7.74. The Morgan fingerprint density at radius 1 is 1.04 bits per heavy atom. The summed E-state index contributed by atoms with van der Waals surface area (Å²) < 4.78 is 1.93. The third kappa shape index (κ3) is 2.11. The van der Waals surface area contributed by atoms with Gasteiger partial charge in [0.25, 0.3) is 0 Å². The highest BCUT2D eigenvalue weighted by atomic mass is 15.2. The predicted molar refractivity (Wildman–Crippen MR) is 113 cm³/mol. The SMILES string of the molecule is C[C@]12CCCCC1=CCC1C2CC[C@]2(C)C(c3cnn4cnccc34)=CCC12. The maximum absolute atomic E-state index is 4.58. The van der Waals surface area contributed by atoms with Crippen LogP contribution in [-0.2, 0) is 0 Å². The van der Waals surface area contributed by atoms with Gasteiger partial charge in [0.15, 0.2) is 0 Å². The molecule has 0 radical (unpaired) electrons. The van der Waals surface area contributed by atoms with Gasteiger partial charge in [0, 0.05) is 11.8 Å². The van der Waals surface area contributed by atoms with Crippen molar-refractivity contribution in [3.63, 3.8) is 0 Å². The van der Waals surface area contributed by atoms with Crippen molar-refractivity contribution in [1.82, 2.24) is 14.6 Å². The molecule has 0 amide bonds. The maximum atomic E-state index is 4.58. The van der Waals surface area contributed by atoms with Crippen molar-refractivity contribution in [3.05, 3.63) is 48.1 Å². The first-order valence-electron chi connectivity index (χ1n) is 11.3. The van der Waals surface area contributed by atoms with E-state index in [4.69, 9.17) is 0 Å². The van der Waals surface area contributed by atoms with E-state index in [1.165, 1.54) is 62.4 Å². The summed E-state index contributed by atoms with van der Waals surface area (Å²) in [5.41, 5.74) is 6.69. The fourth-order valence-corrected chi connectivity index (χ4v) is 7.74. The zero-order chi connectivity index (χ0) is 18.9. The topological polar surface area (TPSA) is 30.2 Å². The van der Waals surface area contributed by atoms with Crippen molar-refractivity contribution in [3.8, 4) is 0 Å². The highest BCUT2D eigenvalue weighted by molar-refractivity contribution is 5.82. The van der Waals surface area contributed by atoms with Crippen LogP contribution in [0.3, 0.4) is 0 Å². The molecule has 2 aromatic heterocycles. The largest absolute Gasteiger partial charge is 0.245 e. The first kappa shape index (κ1) is 17.0. The van der Waals surface area contributed by atoms with Crippen LogP contribution in [0.2, 0.25) is 0 Å². The van der Waals surface area contributed by atoms with E-state index in [2.05, 4.69) is 48.3 Å². The molecule has 3 nitrogen and oxygen atoms in total. The average molecular weight is 374 g/mol. The van der Waals surface area contributed by atoms with Gasteiger partial charge in [-0.05, 0) is 85.2 Å². The van der Waals surface area contributed by atoms with E-state index in [1.807, 2.05) is 22.6 Å². The minimum absolute atomic E-state index is 0.296. The summed E-state index contributed by atoms with van der Waals surface area (Å²) in [5.74, 6) is 2.53. The standard InChI is InChI=1S/C25H31N3/c1-24-12-4-3-5-17(24)6-7-18-20-8-9-21(25(20,2)13-10-22(18)24)19-15-27-28-16-26-14-11-23(19)28/h6,9,11,14-16,18,20,22H,3-5,7-8,10,12-13H2,1-2H3/t18?,20?,22?,24-,25-/m0/s1. The Hall–Kier alpha value is -1.90. The minimum Gasteiger partial charge on any atom is -0.245 e.